The average molecular weight is 290 g/mol. The van der Waals surface area contributed by atoms with Gasteiger partial charge in [0.25, 0.3) is 0 Å². The fourth-order valence-corrected chi connectivity index (χ4v) is 3.45. The second-order valence-corrected chi connectivity index (χ2v) is 5.91. The number of anilines is 1. The Morgan fingerprint density at radius 3 is 2.76 bits per heavy atom. The minimum absolute atomic E-state index is 0.333. The molecule has 1 aromatic rings. The van der Waals surface area contributed by atoms with Gasteiger partial charge in [-0.25, -0.2) is 9.78 Å². The predicted octanol–water partition coefficient (Wildman–Crippen LogP) is 0.981. The van der Waals surface area contributed by atoms with Gasteiger partial charge in [-0.3, -0.25) is 0 Å². The molecular weight excluding hydrogens is 272 g/mol. The molecule has 0 radical (unpaired) electrons. The van der Waals surface area contributed by atoms with Crippen LogP contribution in [-0.2, 0) is 27.4 Å². The van der Waals surface area contributed by atoms with Crippen LogP contribution in [0.3, 0.4) is 0 Å². The van der Waals surface area contributed by atoms with Gasteiger partial charge in [-0.05, 0) is 6.07 Å². The highest BCUT2D eigenvalue weighted by Crippen LogP contribution is 2.35. The summed E-state index contributed by atoms with van der Waals surface area (Å²) in [4.78, 5) is 19.0. The minimum Gasteiger partial charge on any atom is -0.465 e. The molecule has 2 saturated heterocycles. The number of pyridine rings is 1. The Labute approximate surface area is 123 Å². The molecule has 1 aromatic heterocycles. The van der Waals surface area contributed by atoms with Crippen molar-refractivity contribution in [3.05, 3.63) is 22.9 Å². The zero-order chi connectivity index (χ0) is 14.4. The van der Waals surface area contributed by atoms with Crippen LogP contribution >= 0.6 is 0 Å². The molecule has 6 heteroatoms. The van der Waals surface area contributed by atoms with Gasteiger partial charge >= 0.3 is 5.97 Å². The van der Waals surface area contributed by atoms with Crippen LogP contribution in [0.5, 0.6) is 0 Å². The first kappa shape index (κ1) is 13.0. The van der Waals surface area contributed by atoms with Crippen molar-refractivity contribution in [2.75, 3.05) is 38.3 Å². The van der Waals surface area contributed by atoms with E-state index in [1.165, 1.54) is 7.11 Å². The first-order valence-electron chi connectivity index (χ1n) is 7.28. The van der Waals surface area contributed by atoms with Gasteiger partial charge in [0.15, 0.2) is 0 Å². The lowest BCUT2D eigenvalue weighted by molar-refractivity contribution is 0.0601. The molecule has 3 aliphatic rings. The molecule has 2 atom stereocenters. The molecule has 4 rings (SSSR count). The summed E-state index contributed by atoms with van der Waals surface area (Å²) in [6.45, 7) is 4.44. The van der Waals surface area contributed by atoms with Crippen molar-refractivity contribution in [2.45, 2.75) is 13.2 Å². The summed E-state index contributed by atoms with van der Waals surface area (Å²) in [5, 5.41) is 0. The number of fused-ring (bicyclic) bond motifs is 2. The lowest BCUT2D eigenvalue weighted by atomic mass is 10.0. The van der Waals surface area contributed by atoms with Gasteiger partial charge in [-0.2, -0.15) is 0 Å². The van der Waals surface area contributed by atoms with Gasteiger partial charge < -0.3 is 19.1 Å². The van der Waals surface area contributed by atoms with Crippen LogP contribution in [0.2, 0.25) is 0 Å². The van der Waals surface area contributed by atoms with E-state index in [-0.39, 0.29) is 5.97 Å². The number of esters is 1. The third-order valence-electron chi connectivity index (χ3n) is 4.61. The molecule has 6 nitrogen and oxygen atoms in total. The van der Waals surface area contributed by atoms with E-state index in [0.29, 0.717) is 30.6 Å². The molecular formula is C15H18N2O4. The van der Waals surface area contributed by atoms with Gasteiger partial charge in [0.1, 0.15) is 11.4 Å². The van der Waals surface area contributed by atoms with Gasteiger partial charge in [0.2, 0.25) is 0 Å². The van der Waals surface area contributed by atoms with Crippen LogP contribution in [0.15, 0.2) is 6.07 Å². The second kappa shape index (κ2) is 4.96. The van der Waals surface area contributed by atoms with Gasteiger partial charge in [-0.15, -0.1) is 0 Å². The maximum Gasteiger partial charge on any atom is 0.341 e. The first-order valence-corrected chi connectivity index (χ1v) is 7.28. The van der Waals surface area contributed by atoms with Crippen LogP contribution in [0, 0.1) is 11.8 Å². The number of rotatable bonds is 2. The van der Waals surface area contributed by atoms with E-state index in [0.717, 1.165) is 43.4 Å². The fraction of sp³-hybridized carbons (Fsp3) is 0.600. The number of hydrogen-bond acceptors (Lipinski definition) is 6. The Bertz CT molecular complexity index is 577. The van der Waals surface area contributed by atoms with E-state index in [4.69, 9.17) is 19.2 Å². The summed E-state index contributed by atoms with van der Waals surface area (Å²) in [5.74, 6) is 1.49. The summed E-state index contributed by atoms with van der Waals surface area (Å²) in [7, 11) is 1.41. The summed E-state index contributed by atoms with van der Waals surface area (Å²) in [6.07, 6.45) is 0. The standard InChI is InChI=1S/C15H18N2O4/c1-19-15(18)12-2-9-5-21-8-13(9)16-14(12)17-3-10-6-20-7-11(10)4-17/h2,10-11H,3-8H2,1H3. The van der Waals surface area contributed by atoms with Crippen LogP contribution in [0.25, 0.3) is 0 Å². The smallest absolute Gasteiger partial charge is 0.341 e. The van der Waals surface area contributed by atoms with E-state index in [2.05, 4.69) is 4.90 Å². The normalized spacial score (nSPS) is 26.8. The van der Waals surface area contributed by atoms with Crippen LogP contribution in [-0.4, -0.2) is 44.4 Å². The van der Waals surface area contributed by atoms with Crippen LogP contribution in [0.4, 0.5) is 5.82 Å². The highest BCUT2D eigenvalue weighted by atomic mass is 16.5. The lowest BCUT2D eigenvalue weighted by Gasteiger charge is -2.21. The quantitative estimate of drug-likeness (QED) is 0.757. The Kier molecular flexibility index (Phi) is 3.08. The Hall–Kier alpha value is -1.66. The van der Waals surface area contributed by atoms with Crippen molar-refractivity contribution in [2.24, 2.45) is 11.8 Å². The molecule has 0 amide bonds. The van der Waals surface area contributed by atoms with E-state index in [9.17, 15) is 4.79 Å². The zero-order valence-electron chi connectivity index (χ0n) is 12.0. The largest absolute Gasteiger partial charge is 0.465 e. The molecule has 0 N–H and O–H groups in total. The van der Waals surface area contributed by atoms with Crippen molar-refractivity contribution in [3.63, 3.8) is 0 Å². The molecule has 0 aliphatic carbocycles. The summed E-state index contributed by atoms with van der Waals surface area (Å²) in [5.41, 5.74) is 2.47. The van der Waals surface area contributed by atoms with E-state index >= 15 is 0 Å². The molecule has 0 saturated carbocycles. The topological polar surface area (TPSA) is 60.9 Å². The average Bonchev–Trinajstić information content (AvgIpc) is 3.19. The lowest BCUT2D eigenvalue weighted by Crippen LogP contribution is -2.26. The third kappa shape index (κ3) is 2.10. The molecule has 0 bridgehead atoms. The number of carbonyl (C=O) groups excluding carboxylic acids is 1. The molecule has 21 heavy (non-hydrogen) atoms. The number of ether oxygens (including phenoxy) is 3. The second-order valence-electron chi connectivity index (χ2n) is 5.91. The number of methoxy groups -OCH3 is 1. The van der Waals surface area contributed by atoms with Gasteiger partial charge in [0.05, 0.1) is 39.2 Å². The molecule has 2 unspecified atom stereocenters. The van der Waals surface area contributed by atoms with Crippen molar-refractivity contribution in [1.82, 2.24) is 4.98 Å². The predicted molar refractivity (Wildman–Crippen MR) is 74.1 cm³/mol. The molecule has 0 spiro atoms. The fourth-order valence-electron chi connectivity index (χ4n) is 3.45. The van der Waals surface area contributed by atoms with Crippen LogP contribution in [0.1, 0.15) is 21.6 Å². The van der Waals surface area contributed by atoms with Crippen molar-refractivity contribution < 1.29 is 19.0 Å². The van der Waals surface area contributed by atoms with Crippen molar-refractivity contribution in [3.8, 4) is 0 Å². The van der Waals surface area contributed by atoms with E-state index in [1.807, 2.05) is 6.07 Å². The van der Waals surface area contributed by atoms with Crippen molar-refractivity contribution >= 4 is 11.8 Å². The molecule has 2 fully saturated rings. The summed E-state index contributed by atoms with van der Waals surface area (Å²) < 4.78 is 15.9. The summed E-state index contributed by atoms with van der Waals surface area (Å²) in [6, 6.07) is 1.88. The number of carbonyl (C=O) groups is 1. The highest BCUT2D eigenvalue weighted by Gasteiger charge is 2.39. The van der Waals surface area contributed by atoms with Gasteiger partial charge in [-0.1, -0.05) is 0 Å². The summed E-state index contributed by atoms with van der Waals surface area (Å²) >= 11 is 0. The van der Waals surface area contributed by atoms with E-state index in [1.54, 1.807) is 0 Å². The Morgan fingerprint density at radius 1 is 1.29 bits per heavy atom. The highest BCUT2D eigenvalue weighted by molar-refractivity contribution is 5.95. The molecule has 3 aliphatic heterocycles. The molecule has 0 aromatic carbocycles. The molecule has 112 valence electrons. The van der Waals surface area contributed by atoms with Gasteiger partial charge in [0, 0.05) is 30.5 Å². The first-order chi connectivity index (χ1) is 10.3. The van der Waals surface area contributed by atoms with Crippen molar-refractivity contribution in [1.29, 1.82) is 0 Å². The monoisotopic (exact) mass is 290 g/mol. The number of aromatic nitrogens is 1. The Morgan fingerprint density at radius 2 is 2.05 bits per heavy atom. The molecule has 4 heterocycles. The zero-order valence-corrected chi connectivity index (χ0v) is 12.0. The minimum atomic E-state index is -0.333. The maximum atomic E-state index is 12.1. The maximum absolute atomic E-state index is 12.1. The number of hydrogen-bond donors (Lipinski definition) is 0. The Balaban J connectivity index is 1.71. The van der Waals surface area contributed by atoms with E-state index < -0.39 is 0 Å². The number of nitrogens with zero attached hydrogens (tertiary/aromatic N) is 2. The SMILES string of the molecule is COC(=O)c1cc2c(nc1N1CC3COCC3C1)COC2. The van der Waals surface area contributed by atoms with Crippen LogP contribution < -0.4 is 4.90 Å². The third-order valence-corrected chi connectivity index (χ3v) is 4.61.